The van der Waals surface area contributed by atoms with Crippen molar-refractivity contribution in [2.75, 3.05) is 18.6 Å². The molecule has 25 heavy (non-hydrogen) atoms. The molecule has 2 aromatic rings. The Labute approximate surface area is 153 Å². The predicted molar refractivity (Wildman–Crippen MR) is 105 cm³/mol. The highest BCUT2D eigenvalue weighted by molar-refractivity contribution is 7.80. The van der Waals surface area contributed by atoms with Crippen LogP contribution in [0.1, 0.15) is 17.5 Å². The number of nitrogens with zero attached hydrogens (tertiary/aromatic N) is 1. The standard InChI is InChI=1S/C20H20N2O2S/c1-24-18-11-5-3-8-16(18)12-13-19(23)21-20(25)22-14-6-9-15-7-2-4-10-17(15)22/h2-5,7-8,10-13H,6,9,14H2,1H3,(H,21,23,25). The van der Waals surface area contributed by atoms with E-state index in [1.165, 1.54) is 11.6 Å². The van der Waals surface area contributed by atoms with Gasteiger partial charge in [-0.2, -0.15) is 0 Å². The number of nitrogens with one attached hydrogen (secondary N) is 1. The maximum atomic E-state index is 12.2. The van der Waals surface area contributed by atoms with Crippen LogP contribution in [0.25, 0.3) is 6.08 Å². The van der Waals surface area contributed by atoms with Crippen molar-refractivity contribution in [1.29, 1.82) is 0 Å². The number of carbonyl (C=O) groups is 1. The molecule has 3 rings (SSSR count). The van der Waals surface area contributed by atoms with Crippen LogP contribution in [0.2, 0.25) is 0 Å². The molecule has 5 heteroatoms. The first-order chi connectivity index (χ1) is 12.2. The van der Waals surface area contributed by atoms with Crippen LogP contribution in [0.5, 0.6) is 5.75 Å². The molecule has 2 aromatic carbocycles. The van der Waals surface area contributed by atoms with Gasteiger partial charge in [0, 0.05) is 23.9 Å². The Kier molecular flexibility index (Phi) is 5.46. The molecule has 0 saturated heterocycles. The summed E-state index contributed by atoms with van der Waals surface area (Å²) in [5, 5.41) is 3.22. The van der Waals surface area contributed by atoms with Crippen LogP contribution in [0, 0.1) is 0 Å². The van der Waals surface area contributed by atoms with Crippen molar-refractivity contribution in [2.24, 2.45) is 0 Å². The number of rotatable bonds is 3. The third-order valence-corrected chi connectivity index (χ3v) is 4.46. The first kappa shape index (κ1) is 17.2. The second-order valence-electron chi connectivity index (χ2n) is 5.75. The normalized spacial score (nSPS) is 13.4. The highest BCUT2D eigenvalue weighted by Gasteiger charge is 2.20. The van der Waals surface area contributed by atoms with Gasteiger partial charge in [0.15, 0.2) is 5.11 Å². The summed E-state index contributed by atoms with van der Waals surface area (Å²) in [6.07, 6.45) is 5.25. The molecular formula is C20H20N2O2S. The molecule has 0 radical (unpaired) electrons. The van der Waals surface area contributed by atoms with Crippen molar-refractivity contribution < 1.29 is 9.53 Å². The van der Waals surface area contributed by atoms with Crippen molar-refractivity contribution in [2.45, 2.75) is 12.8 Å². The second kappa shape index (κ2) is 7.94. The first-order valence-corrected chi connectivity index (χ1v) is 8.61. The minimum absolute atomic E-state index is 0.251. The summed E-state index contributed by atoms with van der Waals surface area (Å²) >= 11 is 5.44. The van der Waals surface area contributed by atoms with Crippen molar-refractivity contribution >= 4 is 35.0 Å². The van der Waals surface area contributed by atoms with E-state index in [4.69, 9.17) is 17.0 Å². The lowest BCUT2D eigenvalue weighted by atomic mass is 10.0. The molecule has 1 aliphatic heterocycles. The Bertz CT molecular complexity index is 817. The van der Waals surface area contributed by atoms with Crippen molar-refractivity contribution in [3.63, 3.8) is 0 Å². The fraction of sp³-hybridized carbons (Fsp3) is 0.200. The van der Waals surface area contributed by atoms with Crippen molar-refractivity contribution in [1.82, 2.24) is 5.32 Å². The molecule has 0 fully saturated rings. The number of benzene rings is 2. The number of ether oxygens (including phenoxy) is 1. The number of carbonyl (C=O) groups excluding carboxylic acids is 1. The van der Waals surface area contributed by atoms with Crippen LogP contribution in [0.4, 0.5) is 5.69 Å². The lowest BCUT2D eigenvalue weighted by Crippen LogP contribution is -2.44. The summed E-state index contributed by atoms with van der Waals surface area (Å²) < 4.78 is 5.28. The summed E-state index contributed by atoms with van der Waals surface area (Å²) in [6.45, 7) is 0.812. The fourth-order valence-electron chi connectivity index (χ4n) is 2.93. The number of hydrogen-bond acceptors (Lipinski definition) is 3. The summed E-state index contributed by atoms with van der Waals surface area (Å²) in [5.41, 5.74) is 3.18. The Morgan fingerprint density at radius 3 is 2.80 bits per heavy atom. The molecule has 1 aliphatic rings. The highest BCUT2D eigenvalue weighted by atomic mass is 32.1. The van der Waals surface area contributed by atoms with E-state index in [9.17, 15) is 4.79 Å². The molecular weight excluding hydrogens is 332 g/mol. The zero-order chi connectivity index (χ0) is 17.6. The van der Waals surface area contributed by atoms with Gasteiger partial charge in [-0.25, -0.2) is 0 Å². The van der Waals surface area contributed by atoms with Gasteiger partial charge in [0.25, 0.3) is 0 Å². The van der Waals surface area contributed by atoms with E-state index < -0.39 is 0 Å². The van der Waals surface area contributed by atoms with Gasteiger partial charge in [-0.05, 0) is 48.8 Å². The quantitative estimate of drug-likeness (QED) is 0.677. The van der Waals surface area contributed by atoms with E-state index >= 15 is 0 Å². The Morgan fingerprint density at radius 2 is 1.96 bits per heavy atom. The largest absolute Gasteiger partial charge is 0.496 e. The minimum atomic E-state index is -0.251. The van der Waals surface area contributed by atoms with Crippen LogP contribution in [-0.4, -0.2) is 24.7 Å². The zero-order valence-electron chi connectivity index (χ0n) is 14.1. The van der Waals surface area contributed by atoms with Gasteiger partial charge in [0.1, 0.15) is 5.75 Å². The summed E-state index contributed by atoms with van der Waals surface area (Å²) in [4.78, 5) is 14.2. The Balaban J connectivity index is 1.67. The van der Waals surface area contributed by atoms with E-state index in [1.807, 2.05) is 47.4 Å². The number of para-hydroxylation sites is 2. The van der Waals surface area contributed by atoms with Crippen LogP contribution in [0.15, 0.2) is 54.6 Å². The molecule has 0 aromatic heterocycles. The first-order valence-electron chi connectivity index (χ1n) is 8.20. The van der Waals surface area contributed by atoms with Crippen LogP contribution >= 0.6 is 12.2 Å². The van der Waals surface area contributed by atoms with Crippen LogP contribution in [-0.2, 0) is 11.2 Å². The van der Waals surface area contributed by atoms with E-state index in [1.54, 1.807) is 13.2 Å². The topological polar surface area (TPSA) is 41.6 Å². The van der Waals surface area contributed by atoms with E-state index in [-0.39, 0.29) is 5.91 Å². The van der Waals surface area contributed by atoms with Gasteiger partial charge in [-0.15, -0.1) is 0 Å². The summed E-state index contributed by atoms with van der Waals surface area (Å²) in [5.74, 6) is 0.470. The average molecular weight is 352 g/mol. The molecule has 0 aliphatic carbocycles. The smallest absolute Gasteiger partial charge is 0.250 e. The molecule has 0 unspecified atom stereocenters. The average Bonchev–Trinajstić information content (AvgIpc) is 2.66. The maximum Gasteiger partial charge on any atom is 0.250 e. The summed E-state index contributed by atoms with van der Waals surface area (Å²) in [7, 11) is 1.61. The highest BCUT2D eigenvalue weighted by Crippen LogP contribution is 2.26. The molecule has 1 amide bonds. The number of methoxy groups -OCH3 is 1. The van der Waals surface area contributed by atoms with Crippen LogP contribution < -0.4 is 15.0 Å². The lowest BCUT2D eigenvalue weighted by molar-refractivity contribution is -0.115. The Hall–Kier alpha value is -2.66. The third kappa shape index (κ3) is 4.06. The molecule has 0 atom stereocenters. The molecule has 0 bridgehead atoms. The fourth-order valence-corrected chi connectivity index (χ4v) is 3.22. The van der Waals surface area contributed by atoms with Crippen molar-refractivity contribution in [3.8, 4) is 5.75 Å². The number of aryl methyl sites for hydroxylation is 1. The second-order valence-corrected chi connectivity index (χ2v) is 6.14. The number of thiocarbonyl (C=S) groups is 1. The number of fused-ring (bicyclic) bond motifs is 1. The predicted octanol–water partition coefficient (Wildman–Crippen LogP) is 3.56. The van der Waals surface area contributed by atoms with Gasteiger partial charge < -0.3 is 9.64 Å². The Morgan fingerprint density at radius 1 is 1.20 bits per heavy atom. The van der Waals surface area contributed by atoms with Crippen molar-refractivity contribution in [3.05, 3.63) is 65.7 Å². The van der Waals surface area contributed by atoms with Gasteiger partial charge in [-0.1, -0.05) is 36.4 Å². The minimum Gasteiger partial charge on any atom is -0.496 e. The number of amides is 1. The van der Waals surface area contributed by atoms with E-state index in [0.29, 0.717) is 5.11 Å². The maximum absolute atomic E-state index is 12.2. The van der Waals surface area contributed by atoms with Gasteiger partial charge in [0.2, 0.25) is 5.91 Å². The molecule has 4 nitrogen and oxygen atoms in total. The number of hydrogen-bond donors (Lipinski definition) is 1. The zero-order valence-corrected chi connectivity index (χ0v) is 14.9. The van der Waals surface area contributed by atoms with Gasteiger partial charge in [-0.3, -0.25) is 10.1 Å². The van der Waals surface area contributed by atoms with E-state index in [2.05, 4.69) is 11.4 Å². The molecule has 1 heterocycles. The van der Waals surface area contributed by atoms with Crippen LogP contribution in [0.3, 0.4) is 0 Å². The van der Waals surface area contributed by atoms with E-state index in [0.717, 1.165) is 36.4 Å². The lowest BCUT2D eigenvalue weighted by Gasteiger charge is -2.31. The van der Waals surface area contributed by atoms with Gasteiger partial charge >= 0.3 is 0 Å². The number of anilines is 1. The molecule has 0 saturated carbocycles. The molecule has 1 N–H and O–H groups in total. The molecule has 128 valence electrons. The van der Waals surface area contributed by atoms with Gasteiger partial charge in [0.05, 0.1) is 7.11 Å². The molecule has 0 spiro atoms. The third-order valence-electron chi connectivity index (χ3n) is 4.14. The summed E-state index contributed by atoms with van der Waals surface area (Å²) in [6, 6.07) is 15.7. The monoisotopic (exact) mass is 352 g/mol. The SMILES string of the molecule is COc1ccccc1C=CC(=O)NC(=S)N1CCCc2ccccc21.